The van der Waals surface area contributed by atoms with Crippen LogP contribution in [-0.2, 0) is 0 Å². The molecule has 0 spiro atoms. The van der Waals surface area contributed by atoms with Crippen molar-refractivity contribution < 1.29 is 4.79 Å². The first-order chi connectivity index (χ1) is 6.31. The van der Waals surface area contributed by atoms with Gasteiger partial charge >= 0.3 is 82.0 Å². The average Bonchev–Trinajstić information content (AvgIpc) is 2.63. The van der Waals surface area contributed by atoms with Crippen LogP contribution in [0.15, 0.2) is 23.3 Å². The predicted octanol–water partition coefficient (Wildman–Crippen LogP) is 1.88. The van der Waals surface area contributed by atoms with Gasteiger partial charge in [0.25, 0.3) is 0 Å². The number of nitrogens with zero attached hydrogens (tertiary/aromatic N) is 1. The molecule has 1 aromatic heterocycles. The summed E-state index contributed by atoms with van der Waals surface area (Å²) in [5.74, 6) is 0.192. The molecule has 1 heterocycles. The van der Waals surface area contributed by atoms with E-state index in [0.717, 1.165) is 11.1 Å². The molecule has 0 bridgehead atoms. The Balaban J connectivity index is 2.54. The van der Waals surface area contributed by atoms with E-state index in [-0.39, 0.29) is 5.78 Å². The van der Waals surface area contributed by atoms with Crippen molar-refractivity contribution in [1.82, 2.24) is 4.98 Å². The quantitative estimate of drug-likeness (QED) is 0.590. The molecule has 0 aliphatic heterocycles. The summed E-state index contributed by atoms with van der Waals surface area (Å²) < 4.78 is 1.28. The summed E-state index contributed by atoms with van der Waals surface area (Å²) in [7, 11) is 0. The first-order valence-corrected chi connectivity index (χ1v) is 6.02. The van der Waals surface area contributed by atoms with Gasteiger partial charge in [-0.3, -0.25) is 0 Å². The van der Waals surface area contributed by atoms with Gasteiger partial charge in [-0.1, -0.05) is 0 Å². The molecular weight excluding hydrogens is 229 g/mol. The molecule has 0 unspecified atom stereocenters. The number of Topliss-reactive ketones (excluding diaryl/α,β-unsaturated/α-hetero) is 1. The first-order valence-electron chi connectivity index (χ1n) is 4.17. The van der Waals surface area contributed by atoms with Crippen LogP contribution in [0.25, 0.3) is 9.78 Å². The van der Waals surface area contributed by atoms with Gasteiger partial charge in [-0.05, 0) is 0 Å². The standard InChI is InChI=1S/C10H9NOSe/c1-2-9(12)7-3-4-10-8(5-7)11-6-13-10/h3-6H,2H2,1H3. The summed E-state index contributed by atoms with van der Waals surface area (Å²) in [4.78, 5) is 15.6. The molecule has 2 rings (SSSR count). The fourth-order valence-corrected chi connectivity index (χ4v) is 2.62. The Kier molecular flexibility index (Phi) is 2.30. The monoisotopic (exact) mass is 239 g/mol. The van der Waals surface area contributed by atoms with Crippen molar-refractivity contribution >= 4 is 30.1 Å². The number of carbonyl (C=O) groups is 1. The van der Waals surface area contributed by atoms with E-state index >= 15 is 0 Å². The van der Waals surface area contributed by atoms with Gasteiger partial charge in [0.15, 0.2) is 0 Å². The van der Waals surface area contributed by atoms with Gasteiger partial charge in [0.1, 0.15) is 0 Å². The summed E-state index contributed by atoms with van der Waals surface area (Å²) in [6.07, 6.45) is 0.563. The van der Waals surface area contributed by atoms with Crippen LogP contribution in [0.1, 0.15) is 23.7 Å². The Hall–Kier alpha value is -0.921. The van der Waals surface area contributed by atoms with E-state index in [9.17, 15) is 4.79 Å². The normalized spacial score (nSPS) is 10.5. The van der Waals surface area contributed by atoms with Crippen molar-refractivity contribution in [2.75, 3.05) is 0 Å². The summed E-state index contributed by atoms with van der Waals surface area (Å²) >= 11 is 0.378. The van der Waals surface area contributed by atoms with E-state index in [1.54, 1.807) is 0 Å². The number of carbonyl (C=O) groups excluding carboxylic acids is 1. The maximum absolute atomic E-state index is 11.4. The zero-order chi connectivity index (χ0) is 9.26. The van der Waals surface area contributed by atoms with Gasteiger partial charge in [0, 0.05) is 0 Å². The molecule has 0 amide bonds. The van der Waals surface area contributed by atoms with Gasteiger partial charge in [0.05, 0.1) is 0 Å². The topological polar surface area (TPSA) is 30.0 Å². The summed E-state index contributed by atoms with van der Waals surface area (Å²) in [6, 6.07) is 5.82. The second-order valence-electron chi connectivity index (χ2n) is 2.81. The van der Waals surface area contributed by atoms with E-state index in [1.165, 1.54) is 4.26 Å². The minimum atomic E-state index is 0.192. The average molecular weight is 238 g/mol. The molecule has 0 aliphatic rings. The number of rotatable bonds is 2. The Morgan fingerprint density at radius 1 is 1.54 bits per heavy atom. The molecule has 0 N–H and O–H groups in total. The summed E-state index contributed by atoms with van der Waals surface area (Å²) in [6.45, 7) is 1.88. The van der Waals surface area contributed by atoms with Crippen molar-refractivity contribution in [2.45, 2.75) is 13.3 Å². The molecule has 0 fully saturated rings. The number of hydrogen-bond donors (Lipinski definition) is 0. The van der Waals surface area contributed by atoms with Gasteiger partial charge < -0.3 is 0 Å². The second-order valence-corrected chi connectivity index (χ2v) is 4.67. The van der Waals surface area contributed by atoms with E-state index in [0.29, 0.717) is 20.9 Å². The van der Waals surface area contributed by atoms with Crippen molar-refractivity contribution in [1.29, 1.82) is 0 Å². The van der Waals surface area contributed by atoms with Crippen molar-refractivity contribution in [2.24, 2.45) is 0 Å². The van der Waals surface area contributed by atoms with Gasteiger partial charge in [-0.15, -0.1) is 0 Å². The van der Waals surface area contributed by atoms with Crippen LogP contribution in [0.2, 0.25) is 0 Å². The van der Waals surface area contributed by atoms with E-state index in [4.69, 9.17) is 0 Å². The van der Waals surface area contributed by atoms with E-state index in [1.807, 2.05) is 30.2 Å². The SMILES string of the molecule is CCC(=O)c1ccc2[se]cnc2c1. The molecule has 0 radical (unpaired) electrons. The second kappa shape index (κ2) is 3.44. The van der Waals surface area contributed by atoms with Gasteiger partial charge in [0.2, 0.25) is 0 Å². The molecule has 0 saturated heterocycles. The number of benzene rings is 1. The molecule has 2 nitrogen and oxygen atoms in total. The number of fused-ring (bicyclic) bond motifs is 1. The van der Waals surface area contributed by atoms with Crippen LogP contribution < -0.4 is 0 Å². The van der Waals surface area contributed by atoms with Crippen LogP contribution in [0, 0.1) is 0 Å². The van der Waals surface area contributed by atoms with Gasteiger partial charge in [-0.2, -0.15) is 0 Å². The third-order valence-electron chi connectivity index (χ3n) is 1.97. The number of ketones is 1. The number of aromatic nitrogens is 1. The zero-order valence-corrected chi connectivity index (χ0v) is 8.99. The molecule has 0 saturated carbocycles. The fraction of sp³-hybridized carbons (Fsp3) is 0.200. The Bertz CT molecular complexity index is 447. The van der Waals surface area contributed by atoms with Crippen molar-refractivity contribution in [3.05, 3.63) is 28.8 Å². The Labute approximate surface area is 82.3 Å². The van der Waals surface area contributed by atoms with Crippen molar-refractivity contribution in [3.8, 4) is 0 Å². The van der Waals surface area contributed by atoms with Crippen LogP contribution in [-0.4, -0.2) is 25.3 Å². The zero-order valence-electron chi connectivity index (χ0n) is 7.28. The third-order valence-corrected chi connectivity index (χ3v) is 3.67. The molecule has 0 aliphatic carbocycles. The first kappa shape index (κ1) is 8.67. The van der Waals surface area contributed by atoms with E-state index < -0.39 is 0 Å². The fourth-order valence-electron chi connectivity index (χ4n) is 1.24. The molecule has 13 heavy (non-hydrogen) atoms. The molecule has 3 heteroatoms. The summed E-state index contributed by atoms with van der Waals surface area (Å²) in [5, 5.41) is 1.94. The molecular formula is C10H9NOSe. The summed E-state index contributed by atoms with van der Waals surface area (Å²) in [5.41, 5.74) is 1.77. The molecule has 1 aromatic carbocycles. The maximum atomic E-state index is 11.4. The van der Waals surface area contributed by atoms with Crippen molar-refractivity contribution in [3.63, 3.8) is 0 Å². The molecule has 66 valence electrons. The molecule has 2 aromatic rings. The van der Waals surface area contributed by atoms with E-state index in [2.05, 4.69) is 4.98 Å². The van der Waals surface area contributed by atoms with Crippen LogP contribution in [0.5, 0.6) is 0 Å². The van der Waals surface area contributed by atoms with Crippen LogP contribution in [0.4, 0.5) is 0 Å². The Morgan fingerprint density at radius 2 is 2.38 bits per heavy atom. The third kappa shape index (κ3) is 1.58. The number of hydrogen-bond acceptors (Lipinski definition) is 2. The van der Waals surface area contributed by atoms with Gasteiger partial charge in [-0.25, -0.2) is 0 Å². The van der Waals surface area contributed by atoms with Crippen LogP contribution >= 0.6 is 0 Å². The minimum absolute atomic E-state index is 0.192. The Morgan fingerprint density at radius 3 is 3.15 bits per heavy atom. The van der Waals surface area contributed by atoms with Crippen LogP contribution in [0.3, 0.4) is 0 Å². The predicted molar refractivity (Wildman–Crippen MR) is 53.3 cm³/mol. The molecule has 0 atom stereocenters.